The molecule has 4 nitrogen and oxygen atoms in total. The highest BCUT2D eigenvalue weighted by molar-refractivity contribution is 5.86. The van der Waals surface area contributed by atoms with Crippen molar-refractivity contribution in [1.82, 2.24) is 10.2 Å². The summed E-state index contributed by atoms with van der Waals surface area (Å²) in [4.78, 5) is 11.5. The molecule has 0 aliphatic carbocycles. The number of ether oxygens (including phenoxy) is 1. The second kappa shape index (κ2) is 9.48. The number of carbonyl (C=O) groups excluding carboxylic acids is 1. The van der Waals surface area contributed by atoms with Gasteiger partial charge in [-0.15, -0.1) is 5.10 Å². The molecule has 0 aliphatic rings. The van der Waals surface area contributed by atoms with E-state index in [4.69, 9.17) is 4.74 Å². The minimum Gasteiger partial charge on any atom is -0.461 e. The van der Waals surface area contributed by atoms with E-state index < -0.39 is 0 Å². The van der Waals surface area contributed by atoms with Crippen LogP contribution in [0.5, 0.6) is 0 Å². The van der Waals surface area contributed by atoms with Crippen molar-refractivity contribution in [1.29, 1.82) is 0 Å². The van der Waals surface area contributed by atoms with Gasteiger partial charge in [0.25, 0.3) is 0 Å². The molecule has 0 spiro atoms. The first-order valence-electron chi connectivity index (χ1n) is 7.15. The maximum absolute atomic E-state index is 11.5. The van der Waals surface area contributed by atoms with Crippen molar-refractivity contribution in [3.8, 4) is 0 Å². The van der Waals surface area contributed by atoms with Crippen LogP contribution in [0, 0.1) is 5.92 Å². The van der Waals surface area contributed by atoms with Crippen molar-refractivity contribution in [2.45, 2.75) is 52.4 Å². The van der Waals surface area contributed by atoms with Gasteiger partial charge in [0.1, 0.15) is 0 Å². The summed E-state index contributed by atoms with van der Waals surface area (Å²) < 4.78 is 5.13. The van der Waals surface area contributed by atoms with Gasteiger partial charge in [-0.25, -0.2) is 4.79 Å². The zero-order chi connectivity index (χ0) is 13.9. The number of carbonyl (C=O) groups is 1. The van der Waals surface area contributed by atoms with Crippen LogP contribution < -0.4 is 0 Å². The molecule has 106 valence electrons. The van der Waals surface area contributed by atoms with Gasteiger partial charge in [-0.05, 0) is 24.5 Å². The molecule has 0 radical (unpaired) electrons. The highest BCUT2D eigenvalue weighted by Gasteiger charge is 2.07. The van der Waals surface area contributed by atoms with Crippen LogP contribution in [0.15, 0.2) is 18.3 Å². The largest absolute Gasteiger partial charge is 0.461 e. The van der Waals surface area contributed by atoms with Crippen LogP contribution in [0.4, 0.5) is 0 Å². The molecule has 1 rings (SSSR count). The highest BCUT2D eigenvalue weighted by Crippen LogP contribution is 2.10. The standard InChI is InChI=1S/C15H24N2O2/c1-13(2)9-6-4-3-5-7-12-19-15(18)14-10-8-11-16-17-14/h8,10-11,13H,3-7,9,12H2,1-2H3. The number of hydrogen-bond acceptors (Lipinski definition) is 4. The quantitative estimate of drug-likeness (QED) is 0.505. The first-order valence-corrected chi connectivity index (χ1v) is 7.15. The molecule has 1 aromatic rings. The molecular weight excluding hydrogens is 240 g/mol. The fourth-order valence-corrected chi connectivity index (χ4v) is 1.83. The van der Waals surface area contributed by atoms with Gasteiger partial charge in [0.05, 0.1) is 6.61 Å². The van der Waals surface area contributed by atoms with Crippen LogP contribution in [0.25, 0.3) is 0 Å². The lowest BCUT2D eigenvalue weighted by Crippen LogP contribution is -2.08. The summed E-state index contributed by atoms with van der Waals surface area (Å²) in [5, 5.41) is 7.36. The van der Waals surface area contributed by atoms with Crippen molar-refractivity contribution in [2.75, 3.05) is 6.61 Å². The van der Waals surface area contributed by atoms with Crippen LogP contribution in [-0.4, -0.2) is 22.8 Å². The van der Waals surface area contributed by atoms with E-state index in [1.165, 1.54) is 31.9 Å². The maximum Gasteiger partial charge on any atom is 0.358 e. The Bertz CT molecular complexity index is 352. The Balaban J connectivity index is 1.98. The van der Waals surface area contributed by atoms with Gasteiger partial charge in [0.15, 0.2) is 5.69 Å². The number of rotatable bonds is 9. The summed E-state index contributed by atoms with van der Waals surface area (Å²) in [6.45, 7) is 4.98. The van der Waals surface area contributed by atoms with Gasteiger partial charge in [0.2, 0.25) is 0 Å². The van der Waals surface area contributed by atoms with Gasteiger partial charge in [-0.1, -0.05) is 46.0 Å². The zero-order valence-electron chi connectivity index (χ0n) is 12.0. The number of nitrogens with zero attached hydrogens (tertiary/aromatic N) is 2. The number of aromatic nitrogens is 2. The molecule has 0 N–H and O–H groups in total. The smallest absolute Gasteiger partial charge is 0.358 e. The van der Waals surface area contributed by atoms with Crippen LogP contribution in [-0.2, 0) is 4.74 Å². The van der Waals surface area contributed by atoms with Crippen LogP contribution >= 0.6 is 0 Å². The fraction of sp³-hybridized carbons (Fsp3) is 0.667. The summed E-state index contributed by atoms with van der Waals surface area (Å²) in [5.74, 6) is 0.417. The van der Waals surface area contributed by atoms with E-state index in [0.717, 1.165) is 18.8 Å². The van der Waals surface area contributed by atoms with E-state index in [-0.39, 0.29) is 11.7 Å². The summed E-state index contributed by atoms with van der Waals surface area (Å²) >= 11 is 0. The Kier molecular flexibility index (Phi) is 7.78. The maximum atomic E-state index is 11.5. The molecule has 19 heavy (non-hydrogen) atoms. The van der Waals surface area contributed by atoms with Crippen molar-refractivity contribution in [3.05, 3.63) is 24.0 Å². The predicted octanol–water partition coefficient (Wildman–Crippen LogP) is 3.63. The van der Waals surface area contributed by atoms with Crippen molar-refractivity contribution < 1.29 is 9.53 Å². The Hall–Kier alpha value is -1.45. The topological polar surface area (TPSA) is 52.1 Å². The Morgan fingerprint density at radius 3 is 2.63 bits per heavy atom. The molecule has 1 aromatic heterocycles. The fourth-order valence-electron chi connectivity index (χ4n) is 1.83. The summed E-state index contributed by atoms with van der Waals surface area (Å²) in [6.07, 6.45) is 8.68. The Morgan fingerprint density at radius 2 is 1.95 bits per heavy atom. The van der Waals surface area contributed by atoms with Crippen LogP contribution in [0.3, 0.4) is 0 Å². The third kappa shape index (κ3) is 7.54. The predicted molar refractivity (Wildman–Crippen MR) is 74.9 cm³/mol. The minimum atomic E-state index is -0.382. The molecule has 0 saturated carbocycles. The second-order valence-electron chi connectivity index (χ2n) is 5.20. The first-order chi connectivity index (χ1) is 9.20. The molecular formula is C15H24N2O2. The van der Waals surface area contributed by atoms with E-state index >= 15 is 0 Å². The Morgan fingerprint density at radius 1 is 1.21 bits per heavy atom. The van der Waals surface area contributed by atoms with Crippen molar-refractivity contribution in [2.24, 2.45) is 5.92 Å². The van der Waals surface area contributed by atoms with E-state index in [2.05, 4.69) is 24.0 Å². The zero-order valence-corrected chi connectivity index (χ0v) is 12.0. The summed E-state index contributed by atoms with van der Waals surface area (Å²) in [7, 11) is 0. The number of unbranched alkanes of at least 4 members (excludes halogenated alkanes) is 4. The lowest BCUT2D eigenvalue weighted by atomic mass is 10.0. The van der Waals surface area contributed by atoms with Gasteiger partial charge in [-0.2, -0.15) is 5.10 Å². The number of esters is 1. The molecule has 0 amide bonds. The lowest BCUT2D eigenvalue weighted by molar-refractivity contribution is 0.0489. The summed E-state index contributed by atoms with van der Waals surface area (Å²) in [5.41, 5.74) is 0.277. The molecule has 0 aromatic carbocycles. The average molecular weight is 264 g/mol. The van der Waals surface area contributed by atoms with Gasteiger partial charge >= 0.3 is 5.97 Å². The van der Waals surface area contributed by atoms with Crippen molar-refractivity contribution in [3.63, 3.8) is 0 Å². The van der Waals surface area contributed by atoms with E-state index in [1.807, 2.05) is 0 Å². The van der Waals surface area contributed by atoms with Crippen LogP contribution in [0.2, 0.25) is 0 Å². The molecule has 0 bridgehead atoms. The van der Waals surface area contributed by atoms with Gasteiger partial charge in [-0.3, -0.25) is 0 Å². The van der Waals surface area contributed by atoms with Gasteiger partial charge < -0.3 is 4.74 Å². The molecule has 0 saturated heterocycles. The SMILES string of the molecule is CC(C)CCCCCCCOC(=O)c1cccnn1. The van der Waals surface area contributed by atoms with Crippen molar-refractivity contribution >= 4 is 5.97 Å². The molecule has 0 aliphatic heterocycles. The monoisotopic (exact) mass is 264 g/mol. The normalized spacial score (nSPS) is 10.7. The Labute approximate surface area is 115 Å². The second-order valence-corrected chi connectivity index (χ2v) is 5.20. The van der Waals surface area contributed by atoms with Gasteiger partial charge in [0, 0.05) is 6.20 Å². The highest BCUT2D eigenvalue weighted by atomic mass is 16.5. The van der Waals surface area contributed by atoms with E-state index in [9.17, 15) is 4.79 Å². The van der Waals surface area contributed by atoms with E-state index in [0.29, 0.717) is 6.61 Å². The molecule has 0 fully saturated rings. The molecule has 0 atom stereocenters. The average Bonchev–Trinajstić information content (AvgIpc) is 2.42. The number of hydrogen-bond donors (Lipinski definition) is 0. The molecule has 1 heterocycles. The first kappa shape index (κ1) is 15.6. The lowest BCUT2D eigenvalue weighted by Gasteiger charge is -2.05. The third-order valence-corrected chi connectivity index (χ3v) is 2.94. The van der Waals surface area contributed by atoms with Crippen LogP contribution in [0.1, 0.15) is 62.9 Å². The molecule has 4 heteroatoms. The molecule has 0 unspecified atom stereocenters. The summed E-state index contributed by atoms with van der Waals surface area (Å²) in [6, 6.07) is 3.29. The minimum absolute atomic E-state index is 0.277. The third-order valence-electron chi connectivity index (χ3n) is 2.94. The van der Waals surface area contributed by atoms with E-state index in [1.54, 1.807) is 12.1 Å².